The Morgan fingerprint density at radius 1 is 1.57 bits per heavy atom. The number of benzene rings is 1. The largest absolute Gasteiger partial charge is 0.324 e. The van der Waals surface area contributed by atoms with Crippen LogP contribution in [0, 0.1) is 0 Å². The summed E-state index contributed by atoms with van der Waals surface area (Å²) in [5.74, 6) is -0.0689. The van der Waals surface area contributed by atoms with Crippen LogP contribution in [0.25, 0.3) is 0 Å². The lowest BCUT2D eigenvalue weighted by Crippen LogP contribution is -2.22. The van der Waals surface area contributed by atoms with E-state index in [2.05, 4.69) is 21.2 Å². The molecule has 0 aliphatic heterocycles. The number of amides is 1. The van der Waals surface area contributed by atoms with E-state index in [4.69, 9.17) is 11.6 Å². The molecule has 2 nitrogen and oxygen atoms in total. The smallest absolute Gasteiger partial charge is 0.238 e. The van der Waals surface area contributed by atoms with Crippen molar-refractivity contribution < 1.29 is 4.79 Å². The van der Waals surface area contributed by atoms with E-state index in [9.17, 15) is 4.79 Å². The van der Waals surface area contributed by atoms with E-state index in [-0.39, 0.29) is 10.7 Å². The summed E-state index contributed by atoms with van der Waals surface area (Å²) in [6.07, 6.45) is 0.746. The molecule has 0 aliphatic carbocycles. The quantitative estimate of drug-likeness (QED) is 0.842. The van der Waals surface area contributed by atoms with Crippen molar-refractivity contribution in [1.29, 1.82) is 0 Å². The molecule has 0 saturated carbocycles. The Balaban J connectivity index is 2.70. The molecule has 14 heavy (non-hydrogen) atoms. The number of anilines is 1. The molecule has 1 unspecified atom stereocenters. The second kappa shape index (κ2) is 5.37. The van der Waals surface area contributed by atoms with E-state index < -0.39 is 0 Å². The molecule has 0 aliphatic rings. The highest BCUT2D eigenvalue weighted by Gasteiger charge is 2.13. The van der Waals surface area contributed by atoms with Gasteiger partial charge in [-0.25, -0.2) is 0 Å². The predicted octanol–water partition coefficient (Wildman–Crippen LogP) is 3.45. The molecule has 0 saturated heterocycles. The van der Waals surface area contributed by atoms with Gasteiger partial charge < -0.3 is 5.32 Å². The van der Waals surface area contributed by atoms with Crippen LogP contribution in [0.1, 0.15) is 13.3 Å². The maximum atomic E-state index is 11.5. The van der Waals surface area contributed by atoms with Gasteiger partial charge in [-0.1, -0.05) is 46.6 Å². The molecule has 1 atom stereocenters. The summed E-state index contributed by atoms with van der Waals surface area (Å²) in [6.45, 7) is 1.94. The fraction of sp³-hybridized carbons (Fsp3) is 0.300. The van der Waals surface area contributed by atoms with Crippen molar-refractivity contribution in [3.63, 3.8) is 0 Å². The van der Waals surface area contributed by atoms with Gasteiger partial charge in [-0.3, -0.25) is 4.79 Å². The maximum absolute atomic E-state index is 11.5. The average Bonchev–Trinajstić information content (AvgIpc) is 2.20. The third-order valence-electron chi connectivity index (χ3n) is 1.77. The minimum Gasteiger partial charge on any atom is -0.324 e. The number of carbonyl (C=O) groups is 1. The standard InChI is InChI=1S/C10H11BrClNO/c1-2-7(11)10(14)13-9-6-4-3-5-8(9)12/h3-7H,2H2,1H3,(H,13,14). The van der Waals surface area contributed by atoms with Crippen molar-refractivity contribution >= 4 is 39.1 Å². The Hall–Kier alpha value is -0.540. The van der Waals surface area contributed by atoms with Gasteiger partial charge in [0, 0.05) is 0 Å². The SMILES string of the molecule is CCC(Br)C(=O)Nc1ccccc1Cl. The number of nitrogens with one attached hydrogen (secondary N) is 1. The van der Waals surface area contributed by atoms with Crippen molar-refractivity contribution in [2.75, 3.05) is 5.32 Å². The van der Waals surface area contributed by atoms with E-state index in [0.29, 0.717) is 10.7 Å². The highest BCUT2D eigenvalue weighted by molar-refractivity contribution is 9.10. The van der Waals surface area contributed by atoms with Gasteiger partial charge >= 0.3 is 0 Å². The van der Waals surface area contributed by atoms with Crippen LogP contribution in [0.2, 0.25) is 5.02 Å². The van der Waals surface area contributed by atoms with Gasteiger partial charge in [0.2, 0.25) is 5.91 Å². The van der Waals surface area contributed by atoms with Gasteiger partial charge in [0.05, 0.1) is 15.5 Å². The Morgan fingerprint density at radius 2 is 2.21 bits per heavy atom. The van der Waals surface area contributed by atoms with E-state index in [0.717, 1.165) is 6.42 Å². The number of carbonyl (C=O) groups excluding carboxylic acids is 1. The lowest BCUT2D eigenvalue weighted by Gasteiger charge is -2.09. The third-order valence-corrected chi connectivity index (χ3v) is 3.17. The van der Waals surface area contributed by atoms with E-state index in [1.54, 1.807) is 12.1 Å². The molecular weight excluding hydrogens is 265 g/mol. The van der Waals surface area contributed by atoms with Crippen molar-refractivity contribution in [2.45, 2.75) is 18.2 Å². The van der Waals surface area contributed by atoms with Gasteiger partial charge in [-0.2, -0.15) is 0 Å². The first-order valence-electron chi connectivity index (χ1n) is 4.34. The van der Waals surface area contributed by atoms with Crippen LogP contribution in [0.15, 0.2) is 24.3 Å². The highest BCUT2D eigenvalue weighted by atomic mass is 79.9. The monoisotopic (exact) mass is 275 g/mol. The zero-order valence-electron chi connectivity index (χ0n) is 7.76. The zero-order chi connectivity index (χ0) is 10.6. The fourth-order valence-corrected chi connectivity index (χ4v) is 1.26. The summed E-state index contributed by atoms with van der Waals surface area (Å²) < 4.78 is 0. The molecular formula is C10H11BrClNO. The summed E-state index contributed by atoms with van der Waals surface area (Å²) in [6, 6.07) is 7.17. The average molecular weight is 277 g/mol. The molecule has 0 heterocycles. The van der Waals surface area contributed by atoms with Gasteiger partial charge in [0.1, 0.15) is 0 Å². The topological polar surface area (TPSA) is 29.1 Å². The maximum Gasteiger partial charge on any atom is 0.238 e. The predicted molar refractivity (Wildman–Crippen MR) is 63.1 cm³/mol. The van der Waals surface area contributed by atoms with E-state index in [1.165, 1.54) is 0 Å². The Labute approximate surface area is 96.8 Å². The van der Waals surface area contributed by atoms with Crippen molar-refractivity contribution in [1.82, 2.24) is 0 Å². The molecule has 0 spiro atoms. The first kappa shape index (κ1) is 11.5. The Morgan fingerprint density at radius 3 is 2.79 bits per heavy atom. The van der Waals surface area contributed by atoms with Crippen LogP contribution in [0.5, 0.6) is 0 Å². The first-order valence-corrected chi connectivity index (χ1v) is 5.64. The van der Waals surface area contributed by atoms with Gasteiger partial charge in [0.25, 0.3) is 0 Å². The number of hydrogen-bond acceptors (Lipinski definition) is 1. The molecule has 4 heteroatoms. The zero-order valence-corrected chi connectivity index (χ0v) is 10.1. The summed E-state index contributed by atoms with van der Waals surface area (Å²) in [5.41, 5.74) is 0.650. The van der Waals surface area contributed by atoms with Crippen LogP contribution in [0.3, 0.4) is 0 Å². The fourth-order valence-electron chi connectivity index (χ4n) is 0.959. The van der Waals surface area contributed by atoms with Crippen molar-refractivity contribution in [3.05, 3.63) is 29.3 Å². The van der Waals surface area contributed by atoms with Crippen LogP contribution >= 0.6 is 27.5 Å². The number of rotatable bonds is 3. The Kier molecular flexibility index (Phi) is 4.42. The molecule has 1 aromatic rings. The van der Waals surface area contributed by atoms with Crippen molar-refractivity contribution in [2.24, 2.45) is 0 Å². The second-order valence-corrected chi connectivity index (χ2v) is 4.36. The van der Waals surface area contributed by atoms with Crippen LogP contribution in [-0.2, 0) is 4.79 Å². The van der Waals surface area contributed by atoms with Crippen LogP contribution < -0.4 is 5.32 Å². The summed E-state index contributed by atoms with van der Waals surface area (Å²) >= 11 is 9.16. The van der Waals surface area contributed by atoms with Gasteiger partial charge in [0.15, 0.2) is 0 Å². The van der Waals surface area contributed by atoms with Gasteiger partial charge in [-0.15, -0.1) is 0 Å². The molecule has 1 N–H and O–H groups in total. The van der Waals surface area contributed by atoms with Crippen molar-refractivity contribution in [3.8, 4) is 0 Å². The normalized spacial score (nSPS) is 12.2. The van der Waals surface area contributed by atoms with Crippen LogP contribution in [-0.4, -0.2) is 10.7 Å². The molecule has 1 amide bonds. The van der Waals surface area contributed by atoms with Gasteiger partial charge in [-0.05, 0) is 18.6 Å². The molecule has 0 fully saturated rings. The molecule has 1 aromatic carbocycles. The lowest BCUT2D eigenvalue weighted by atomic mass is 10.3. The van der Waals surface area contributed by atoms with E-state index >= 15 is 0 Å². The second-order valence-electron chi connectivity index (χ2n) is 2.84. The summed E-state index contributed by atoms with van der Waals surface area (Å²) in [5, 5.41) is 3.30. The summed E-state index contributed by atoms with van der Waals surface area (Å²) in [7, 11) is 0. The number of para-hydroxylation sites is 1. The van der Waals surface area contributed by atoms with Crippen LogP contribution in [0.4, 0.5) is 5.69 Å². The molecule has 0 bridgehead atoms. The van der Waals surface area contributed by atoms with E-state index in [1.807, 2.05) is 19.1 Å². The minimum atomic E-state index is -0.168. The first-order chi connectivity index (χ1) is 6.65. The molecule has 1 rings (SSSR count). The molecule has 0 radical (unpaired) electrons. The number of hydrogen-bond donors (Lipinski definition) is 1. The highest BCUT2D eigenvalue weighted by Crippen LogP contribution is 2.21. The molecule has 0 aromatic heterocycles. The third kappa shape index (κ3) is 3.00. The Bertz CT molecular complexity index is 330. The lowest BCUT2D eigenvalue weighted by molar-refractivity contribution is -0.115. The minimum absolute atomic E-state index is 0.0689. The molecule has 76 valence electrons. The number of halogens is 2. The number of alkyl halides is 1. The summed E-state index contributed by atoms with van der Waals surface area (Å²) in [4.78, 5) is 11.3.